The van der Waals surface area contributed by atoms with Gasteiger partial charge in [-0.25, -0.2) is 0 Å². The van der Waals surface area contributed by atoms with Gasteiger partial charge < -0.3 is 24.8 Å². The van der Waals surface area contributed by atoms with Crippen LogP contribution in [-0.2, 0) is 4.79 Å². The van der Waals surface area contributed by atoms with Crippen molar-refractivity contribution in [3.8, 4) is 17.2 Å². The van der Waals surface area contributed by atoms with Crippen LogP contribution in [0.2, 0.25) is 5.02 Å². The molecule has 0 aliphatic heterocycles. The van der Waals surface area contributed by atoms with Crippen LogP contribution < -0.4 is 24.8 Å². The van der Waals surface area contributed by atoms with Crippen LogP contribution in [0.5, 0.6) is 17.2 Å². The van der Waals surface area contributed by atoms with E-state index in [1.807, 2.05) is 17.5 Å². The Morgan fingerprint density at radius 1 is 0.938 bits per heavy atom. The first-order valence-electron chi connectivity index (χ1n) is 9.38. The molecule has 1 heterocycles. The quantitative estimate of drug-likeness (QED) is 0.458. The normalized spacial score (nSPS) is 10.9. The SMILES string of the molecule is COc1ccc(NC(=O)/C(=C/c2cccs2)NC(=O)c2ccc(OC)c(OC)c2)cc1Cl. The third kappa shape index (κ3) is 5.60. The lowest BCUT2D eigenvalue weighted by Gasteiger charge is -2.13. The number of methoxy groups -OCH3 is 3. The molecule has 0 spiro atoms. The number of hydrogen-bond acceptors (Lipinski definition) is 6. The fourth-order valence-electron chi connectivity index (χ4n) is 2.79. The fourth-order valence-corrected chi connectivity index (χ4v) is 3.70. The average molecular weight is 473 g/mol. The van der Waals surface area contributed by atoms with E-state index in [4.69, 9.17) is 25.8 Å². The van der Waals surface area contributed by atoms with E-state index in [1.165, 1.54) is 38.7 Å². The van der Waals surface area contributed by atoms with Crippen molar-refractivity contribution >= 4 is 46.5 Å². The number of anilines is 1. The van der Waals surface area contributed by atoms with Crippen molar-refractivity contribution in [2.75, 3.05) is 26.6 Å². The highest BCUT2D eigenvalue weighted by atomic mass is 35.5. The van der Waals surface area contributed by atoms with Gasteiger partial charge in [0.15, 0.2) is 11.5 Å². The Balaban J connectivity index is 1.86. The molecule has 2 aromatic carbocycles. The number of hydrogen-bond donors (Lipinski definition) is 2. The summed E-state index contributed by atoms with van der Waals surface area (Å²) in [4.78, 5) is 26.7. The van der Waals surface area contributed by atoms with Gasteiger partial charge in [0.25, 0.3) is 11.8 Å². The van der Waals surface area contributed by atoms with E-state index in [9.17, 15) is 9.59 Å². The minimum absolute atomic E-state index is 0.0687. The average Bonchev–Trinajstić information content (AvgIpc) is 3.31. The largest absolute Gasteiger partial charge is 0.495 e. The number of benzene rings is 2. The summed E-state index contributed by atoms with van der Waals surface area (Å²) in [5.74, 6) is 0.402. The van der Waals surface area contributed by atoms with Crippen molar-refractivity contribution in [1.29, 1.82) is 0 Å². The number of thiophene rings is 1. The molecule has 0 aliphatic carbocycles. The van der Waals surface area contributed by atoms with Gasteiger partial charge in [0.2, 0.25) is 0 Å². The van der Waals surface area contributed by atoms with Gasteiger partial charge in [-0.15, -0.1) is 11.3 Å². The smallest absolute Gasteiger partial charge is 0.272 e. The van der Waals surface area contributed by atoms with Gasteiger partial charge in [0.1, 0.15) is 11.4 Å². The Bertz CT molecular complexity index is 1150. The molecule has 3 aromatic rings. The number of carbonyl (C=O) groups excluding carboxylic acids is 2. The number of amides is 2. The summed E-state index contributed by atoms with van der Waals surface area (Å²) in [5, 5.41) is 7.65. The van der Waals surface area contributed by atoms with Gasteiger partial charge in [-0.2, -0.15) is 0 Å². The molecule has 0 unspecified atom stereocenters. The van der Waals surface area contributed by atoms with E-state index in [1.54, 1.807) is 36.4 Å². The minimum atomic E-state index is -0.506. The highest BCUT2D eigenvalue weighted by Crippen LogP contribution is 2.29. The molecule has 0 saturated heterocycles. The number of halogens is 1. The second-order valence-corrected chi connectivity index (χ2v) is 7.79. The minimum Gasteiger partial charge on any atom is -0.495 e. The van der Waals surface area contributed by atoms with Crippen LogP contribution in [0.15, 0.2) is 59.6 Å². The van der Waals surface area contributed by atoms with Gasteiger partial charge in [0.05, 0.1) is 26.4 Å². The third-order valence-corrected chi connectivity index (χ3v) is 5.49. The topological polar surface area (TPSA) is 85.9 Å². The Labute approximate surface area is 194 Å². The molecule has 0 aliphatic rings. The molecule has 9 heteroatoms. The Morgan fingerprint density at radius 3 is 2.28 bits per heavy atom. The molecule has 0 fully saturated rings. The second-order valence-electron chi connectivity index (χ2n) is 6.40. The fraction of sp³-hybridized carbons (Fsp3) is 0.130. The number of nitrogens with one attached hydrogen (secondary N) is 2. The molecule has 0 bridgehead atoms. The summed E-state index contributed by atoms with van der Waals surface area (Å²) < 4.78 is 15.6. The summed E-state index contributed by atoms with van der Waals surface area (Å²) >= 11 is 7.58. The molecule has 2 amide bonds. The molecule has 1 aromatic heterocycles. The van der Waals surface area contributed by atoms with Crippen LogP contribution in [0.1, 0.15) is 15.2 Å². The molecule has 7 nitrogen and oxygen atoms in total. The maximum absolute atomic E-state index is 13.0. The number of rotatable bonds is 8. The number of carbonyl (C=O) groups is 2. The highest BCUT2D eigenvalue weighted by Gasteiger charge is 2.17. The van der Waals surface area contributed by atoms with E-state index in [2.05, 4.69) is 10.6 Å². The van der Waals surface area contributed by atoms with Crippen molar-refractivity contribution in [3.63, 3.8) is 0 Å². The third-order valence-electron chi connectivity index (χ3n) is 4.38. The predicted molar refractivity (Wildman–Crippen MR) is 126 cm³/mol. The molecule has 166 valence electrons. The molecular formula is C23H21ClN2O5S. The summed E-state index contributed by atoms with van der Waals surface area (Å²) in [5.41, 5.74) is 0.831. The predicted octanol–water partition coefficient (Wildman–Crippen LogP) is 4.84. The van der Waals surface area contributed by atoms with E-state index in [-0.39, 0.29) is 5.70 Å². The van der Waals surface area contributed by atoms with E-state index in [0.29, 0.717) is 33.5 Å². The van der Waals surface area contributed by atoms with Crippen molar-refractivity contribution < 1.29 is 23.8 Å². The summed E-state index contributed by atoms with van der Waals surface area (Å²) in [7, 11) is 4.50. The summed E-state index contributed by atoms with van der Waals surface area (Å²) in [6.07, 6.45) is 1.60. The molecule has 2 N–H and O–H groups in total. The van der Waals surface area contributed by atoms with Gasteiger partial charge >= 0.3 is 0 Å². The molecule has 0 atom stereocenters. The monoisotopic (exact) mass is 472 g/mol. The lowest BCUT2D eigenvalue weighted by atomic mass is 10.1. The van der Waals surface area contributed by atoms with Crippen molar-refractivity contribution in [3.05, 3.63) is 75.1 Å². The van der Waals surface area contributed by atoms with Gasteiger partial charge in [-0.1, -0.05) is 17.7 Å². The van der Waals surface area contributed by atoms with Crippen LogP contribution in [0, 0.1) is 0 Å². The maximum Gasteiger partial charge on any atom is 0.272 e. The Morgan fingerprint density at radius 2 is 1.66 bits per heavy atom. The zero-order valence-electron chi connectivity index (χ0n) is 17.6. The first kappa shape index (κ1) is 23.2. The van der Waals surface area contributed by atoms with Crippen molar-refractivity contribution in [1.82, 2.24) is 5.32 Å². The van der Waals surface area contributed by atoms with E-state index in [0.717, 1.165) is 4.88 Å². The Hall–Kier alpha value is -3.49. The van der Waals surface area contributed by atoms with Crippen LogP contribution in [0.25, 0.3) is 6.08 Å². The lowest BCUT2D eigenvalue weighted by Crippen LogP contribution is -2.30. The molecule has 32 heavy (non-hydrogen) atoms. The van der Waals surface area contributed by atoms with Crippen LogP contribution in [-0.4, -0.2) is 33.1 Å². The molecule has 0 saturated carbocycles. The lowest BCUT2D eigenvalue weighted by molar-refractivity contribution is -0.113. The first-order valence-corrected chi connectivity index (χ1v) is 10.6. The highest BCUT2D eigenvalue weighted by molar-refractivity contribution is 7.10. The van der Waals surface area contributed by atoms with E-state index < -0.39 is 11.8 Å². The molecule has 0 radical (unpaired) electrons. The molecular weight excluding hydrogens is 452 g/mol. The van der Waals surface area contributed by atoms with Crippen molar-refractivity contribution in [2.45, 2.75) is 0 Å². The molecule has 3 rings (SSSR count). The summed E-state index contributed by atoms with van der Waals surface area (Å²) in [6, 6.07) is 13.3. The van der Waals surface area contributed by atoms with Gasteiger partial charge in [-0.05, 0) is 53.9 Å². The van der Waals surface area contributed by atoms with E-state index >= 15 is 0 Å². The first-order chi connectivity index (χ1) is 15.4. The maximum atomic E-state index is 13.0. The Kier molecular flexibility index (Phi) is 7.75. The number of ether oxygens (including phenoxy) is 3. The zero-order chi connectivity index (χ0) is 23.1. The zero-order valence-corrected chi connectivity index (χ0v) is 19.2. The van der Waals surface area contributed by atoms with Gasteiger partial charge in [-0.3, -0.25) is 9.59 Å². The van der Waals surface area contributed by atoms with Crippen LogP contribution in [0.4, 0.5) is 5.69 Å². The van der Waals surface area contributed by atoms with Crippen LogP contribution >= 0.6 is 22.9 Å². The summed E-state index contributed by atoms with van der Waals surface area (Å²) in [6.45, 7) is 0. The van der Waals surface area contributed by atoms with Crippen molar-refractivity contribution in [2.24, 2.45) is 0 Å². The standard InChI is InChI=1S/C23H21ClN2O5S/c1-29-19-9-7-15(12-17(19)24)25-23(28)18(13-16-5-4-10-32-16)26-22(27)14-6-8-20(30-2)21(11-14)31-3/h4-13H,1-3H3,(H,25,28)(H,26,27)/b18-13-. The van der Waals surface area contributed by atoms with Gasteiger partial charge in [0, 0.05) is 16.1 Å². The van der Waals surface area contributed by atoms with Crippen LogP contribution in [0.3, 0.4) is 0 Å². The second kappa shape index (κ2) is 10.7.